The molecule has 150 valence electrons. The van der Waals surface area contributed by atoms with Crippen LogP contribution in [0.1, 0.15) is 40.5 Å². The number of aromatic nitrogens is 1. The van der Waals surface area contributed by atoms with E-state index in [4.69, 9.17) is 14.0 Å². The van der Waals surface area contributed by atoms with Crippen LogP contribution in [0.3, 0.4) is 0 Å². The molecule has 1 saturated heterocycles. The Morgan fingerprint density at radius 3 is 2.55 bits per heavy atom. The minimum atomic E-state index is -0.108. The molecule has 2 aromatic carbocycles. The number of ether oxygens (including phenoxy) is 2. The highest BCUT2D eigenvalue weighted by Gasteiger charge is 2.32. The number of benzene rings is 2. The van der Waals surface area contributed by atoms with Gasteiger partial charge in [-0.1, -0.05) is 35.0 Å². The number of rotatable bonds is 5. The van der Waals surface area contributed by atoms with Gasteiger partial charge >= 0.3 is 0 Å². The minimum absolute atomic E-state index is 0.0735. The summed E-state index contributed by atoms with van der Waals surface area (Å²) in [6.45, 7) is 2.78. The van der Waals surface area contributed by atoms with Gasteiger partial charge in [-0.25, -0.2) is 0 Å². The van der Waals surface area contributed by atoms with Gasteiger partial charge in [0.1, 0.15) is 0 Å². The molecule has 1 amide bonds. The van der Waals surface area contributed by atoms with Gasteiger partial charge in [0.2, 0.25) is 0 Å². The zero-order chi connectivity index (χ0) is 20.4. The maximum Gasteiger partial charge on any atom is 0.276 e. The molecule has 1 atom stereocenters. The van der Waals surface area contributed by atoms with E-state index in [0.717, 1.165) is 30.5 Å². The molecular weight excluding hydrogens is 368 g/mol. The Labute approximate surface area is 170 Å². The molecule has 1 fully saturated rings. The molecule has 29 heavy (non-hydrogen) atoms. The van der Waals surface area contributed by atoms with Gasteiger partial charge in [-0.3, -0.25) is 4.79 Å². The third-order valence-corrected chi connectivity index (χ3v) is 5.37. The maximum absolute atomic E-state index is 13.1. The summed E-state index contributed by atoms with van der Waals surface area (Å²) >= 11 is 0. The molecule has 6 heteroatoms. The highest BCUT2D eigenvalue weighted by molar-refractivity contribution is 5.93. The van der Waals surface area contributed by atoms with Crippen molar-refractivity contribution in [3.8, 4) is 22.8 Å². The molecule has 0 unspecified atom stereocenters. The second kappa shape index (κ2) is 7.99. The number of nitrogens with zero attached hydrogens (tertiary/aromatic N) is 2. The van der Waals surface area contributed by atoms with Crippen molar-refractivity contribution in [1.29, 1.82) is 0 Å². The predicted octanol–water partition coefficient (Wildman–Crippen LogP) is 4.64. The van der Waals surface area contributed by atoms with Gasteiger partial charge in [-0.05, 0) is 43.5 Å². The molecule has 1 aromatic heterocycles. The molecule has 6 nitrogen and oxygen atoms in total. The van der Waals surface area contributed by atoms with Crippen LogP contribution in [0.15, 0.2) is 53.1 Å². The molecule has 4 rings (SSSR count). The third kappa shape index (κ3) is 3.70. The van der Waals surface area contributed by atoms with E-state index >= 15 is 0 Å². The van der Waals surface area contributed by atoms with Crippen molar-refractivity contribution in [2.45, 2.75) is 25.8 Å². The first-order chi connectivity index (χ1) is 14.1. The zero-order valence-electron chi connectivity index (χ0n) is 16.8. The lowest BCUT2D eigenvalue weighted by atomic mass is 10.0. The van der Waals surface area contributed by atoms with Gasteiger partial charge in [0, 0.05) is 18.2 Å². The van der Waals surface area contributed by atoms with Crippen LogP contribution < -0.4 is 9.47 Å². The second-order valence-corrected chi connectivity index (χ2v) is 7.21. The molecule has 0 aliphatic carbocycles. The van der Waals surface area contributed by atoms with E-state index < -0.39 is 0 Å². The largest absolute Gasteiger partial charge is 0.493 e. The quantitative estimate of drug-likeness (QED) is 0.633. The number of amides is 1. The molecule has 2 heterocycles. The van der Waals surface area contributed by atoms with Crippen LogP contribution in [0.25, 0.3) is 11.3 Å². The molecule has 0 spiro atoms. The summed E-state index contributed by atoms with van der Waals surface area (Å²) < 4.78 is 16.1. The average molecular weight is 392 g/mol. The molecule has 0 N–H and O–H groups in total. The van der Waals surface area contributed by atoms with Crippen molar-refractivity contribution >= 4 is 5.91 Å². The fraction of sp³-hybridized carbons (Fsp3) is 0.304. The van der Waals surface area contributed by atoms with Crippen LogP contribution in [0.4, 0.5) is 0 Å². The van der Waals surface area contributed by atoms with Crippen LogP contribution >= 0.6 is 0 Å². The Hall–Kier alpha value is -3.28. The van der Waals surface area contributed by atoms with Gasteiger partial charge in [0.05, 0.1) is 20.3 Å². The van der Waals surface area contributed by atoms with E-state index in [1.807, 2.05) is 11.0 Å². The van der Waals surface area contributed by atoms with Gasteiger partial charge in [-0.15, -0.1) is 0 Å². The highest BCUT2D eigenvalue weighted by atomic mass is 16.5. The number of carbonyl (C=O) groups is 1. The number of hydrogen-bond donors (Lipinski definition) is 0. The Kier molecular flexibility index (Phi) is 5.25. The van der Waals surface area contributed by atoms with Gasteiger partial charge in [0.25, 0.3) is 5.91 Å². The van der Waals surface area contributed by atoms with Gasteiger partial charge in [-0.2, -0.15) is 0 Å². The molecule has 3 aromatic rings. The van der Waals surface area contributed by atoms with Crippen molar-refractivity contribution < 1.29 is 18.8 Å². The fourth-order valence-corrected chi connectivity index (χ4v) is 3.79. The van der Waals surface area contributed by atoms with E-state index in [-0.39, 0.29) is 11.9 Å². The summed E-state index contributed by atoms with van der Waals surface area (Å²) in [4.78, 5) is 15.0. The average Bonchev–Trinajstić information content (AvgIpc) is 3.43. The Morgan fingerprint density at radius 1 is 1.07 bits per heavy atom. The maximum atomic E-state index is 13.1. The summed E-state index contributed by atoms with van der Waals surface area (Å²) in [7, 11) is 3.17. The predicted molar refractivity (Wildman–Crippen MR) is 109 cm³/mol. The summed E-state index contributed by atoms with van der Waals surface area (Å²) in [5.41, 5.74) is 3.45. The van der Waals surface area contributed by atoms with Crippen LogP contribution in [-0.4, -0.2) is 36.7 Å². The second-order valence-electron chi connectivity index (χ2n) is 7.21. The molecule has 1 aliphatic heterocycles. The number of aryl methyl sites for hydroxylation is 1. The van der Waals surface area contributed by atoms with Gasteiger partial charge in [0.15, 0.2) is 23.0 Å². The van der Waals surface area contributed by atoms with Crippen LogP contribution in [0.5, 0.6) is 11.5 Å². The van der Waals surface area contributed by atoms with Crippen molar-refractivity contribution in [1.82, 2.24) is 10.1 Å². The van der Waals surface area contributed by atoms with Crippen molar-refractivity contribution in [3.05, 3.63) is 65.4 Å². The van der Waals surface area contributed by atoms with Crippen LogP contribution in [0.2, 0.25) is 0 Å². The lowest BCUT2D eigenvalue weighted by Crippen LogP contribution is -2.30. The van der Waals surface area contributed by atoms with Crippen LogP contribution in [-0.2, 0) is 0 Å². The smallest absolute Gasteiger partial charge is 0.276 e. The van der Waals surface area contributed by atoms with E-state index in [1.54, 1.807) is 32.4 Å². The molecule has 0 bridgehead atoms. The minimum Gasteiger partial charge on any atom is -0.493 e. The van der Waals surface area contributed by atoms with E-state index in [1.165, 1.54) is 5.56 Å². The van der Waals surface area contributed by atoms with E-state index in [2.05, 4.69) is 36.3 Å². The molecule has 1 aliphatic rings. The zero-order valence-corrected chi connectivity index (χ0v) is 16.8. The first-order valence-electron chi connectivity index (χ1n) is 9.67. The molecule has 0 saturated carbocycles. The van der Waals surface area contributed by atoms with Crippen LogP contribution in [0, 0.1) is 6.92 Å². The lowest BCUT2D eigenvalue weighted by molar-refractivity contribution is 0.0725. The fourth-order valence-electron chi connectivity index (χ4n) is 3.79. The van der Waals surface area contributed by atoms with Gasteiger partial charge < -0.3 is 18.9 Å². The number of carbonyl (C=O) groups excluding carboxylic acids is 1. The van der Waals surface area contributed by atoms with Crippen molar-refractivity contribution in [3.63, 3.8) is 0 Å². The number of likely N-dealkylation sites (tertiary alicyclic amines) is 1. The monoisotopic (exact) mass is 392 g/mol. The topological polar surface area (TPSA) is 64.8 Å². The summed E-state index contributed by atoms with van der Waals surface area (Å²) in [5, 5.41) is 4.04. The molecule has 0 radical (unpaired) electrons. The van der Waals surface area contributed by atoms with Crippen molar-refractivity contribution in [2.24, 2.45) is 0 Å². The summed E-state index contributed by atoms with van der Waals surface area (Å²) in [5.74, 6) is 1.63. The highest BCUT2D eigenvalue weighted by Crippen LogP contribution is 2.35. The first-order valence-corrected chi connectivity index (χ1v) is 9.67. The SMILES string of the molecule is COc1ccc(-c2cc(C(=O)N3CCC[C@@H]3c3ccc(C)cc3)no2)cc1OC. The first kappa shape index (κ1) is 19.1. The molecular formula is C23H24N2O4. The van der Waals surface area contributed by atoms with E-state index in [9.17, 15) is 4.79 Å². The lowest BCUT2D eigenvalue weighted by Gasteiger charge is -2.24. The third-order valence-electron chi connectivity index (χ3n) is 5.37. The number of methoxy groups -OCH3 is 2. The van der Waals surface area contributed by atoms with E-state index in [0.29, 0.717) is 23.0 Å². The summed E-state index contributed by atoms with van der Waals surface area (Å²) in [6, 6.07) is 15.6. The standard InChI is InChI=1S/C23H24N2O4/c1-15-6-8-16(9-7-15)19-5-4-12-25(19)23(26)18-14-21(29-24-18)17-10-11-20(27-2)22(13-17)28-3/h6-11,13-14,19H,4-5,12H2,1-3H3/t19-/m1/s1. The number of hydrogen-bond acceptors (Lipinski definition) is 5. The Balaban J connectivity index is 1.57. The normalized spacial score (nSPS) is 16.1. The summed E-state index contributed by atoms with van der Waals surface area (Å²) in [6.07, 6.45) is 1.93. The Bertz CT molecular complexity index is 1010. The Morgan fingerprint density at radius 2 is 1.83 bits per heavy atom. The van der Waals surface area contributed by atoms with Crippen molar-refractivity contribution in [2.75, 3.05) is 20.8 Å².